The first-order valence-electron chi connectivity index (χ1n) is 3.23. The lowest BCUT2D eigenvalue weighted by Crippen LogP contribution is -1.85. The fourth-order valence-corrected chi connectivity index (χ4v) is 1.17. The largest absolute Gasteiger partial charge is 0.206 e. The van der Waals surface area contributed by atoms with Crippen LogP contribution in [0.4, 0.5) is 4.39 Å². The van der Waals surface area contributed by atoms with Crippen molar-refractivity contribution in [2.75, 3.05) is 0 Å². The van der Waals surface area contributed by atoms with Gasteiger partial charge in [0.1, 0.15) is 5.82 Å². The third-order valence-electron chi connectivity index (χ3n) is 1.68. The summed E-state index contributed by atoms with van der Waals surface area (Å²) >= 11 is 0. The summed E-state index contributed by atoms with van der Waals surface area (Å²) in [6.45, 7) is 0. The number of benzene rings is 1. The van der Waals surface area contributed by atoms with Gasteiger partial charge in [-0.2, -0.15) is 0 Å². The normalized spacial score (nSPS) is 13.7. The average molecular weight is 133 g/mol. The van der Waals surface area contributed by atoms with Gasteiger partial charge in [0.25, 0.3) is 0 Å². The van der Waals surface area contributed by atoms with Crippen LogP contribution in [0.25, 0.3) is 6.08 Å². The first kappa shape index (κ1) is 5.66. The highest BCUT2D eigenvalue weighted by molar-refractivity contribution is 5.59. The van der Waals surface area contributed by atoms with Crippen LogP contribution in [0.3, 0.4) is 0 Å². The molecule has 1 heteroatoms. The first-order chi connectivity index (χ1) is 4.88. The lowest BCUT2D eigenvalue weighted by Gasteiger charge is -1.96. The summed E-state index contributed by atoms with van der Waals surface area (Å²) in [5, 5.41) is 0. The number of hydrogen-bond donors (Lipinski definition) is 0. The molecule has 0 nitrogen and oxygen atoms in total. The molecule has 0 unspecified atom stereocenters. The third-order valence-corrected chi connectivity index (χ3v) is 1.68. The highest BCUT2D eigenvalue weighted by Gasteiger charge is 2.07. The van der Waals surface area contributed by atoms with Gasteiger partial charge in [0, 0.05) is 5.56 Å². The van der Waals surface area contributed by atoms with Crippen LogP contribution in [0.2, 0.25) is 0 Å². The Kier molecular flexibility index (Phi) is 1.10. The molecule has 1 aliphatic carbocycles. The van der Waals surface area contributed by atoms with Crippen molar-refractivity contribution in [1.82, 2.24) is 0 Å². The van der Waals surface area contributed by atoms with Crippen LogP contribution in [0.1, 0.15) is 11.1 Å². The quantitative estimate of drug-likeness (QED) is 0.509. The average Bonchev–Trinajstić information content (AvgIpc) is 2.36. The monoisotopic (exact) mass is 133 g/mol. The molecule has 0 aliphatic heterocycles. The molecule has 0 saturated carbocycles. The lowest BCUT2D eigenvalue weighted by molar-refractivity contribution is 0.624. The van der Waals surface area contributed by atoms with Gasteiger partial charge in [-0.3, -0.25) is 0 Å². The van der Waals surface area contributed by atoms with Gasteiger partial charge < -0.3 is 0 Å². The van der Waals surface area contributed by atoms with Crippen LogP contribution >= 0.6 is 0 Å². The fraction of sp³-hybridized carbons (Fsp3) is 0.111. The highest BCUT2D eigenvalue weighted by atomic mass is 19.1. The standard InChI is InChI=1S/C9H6F/c10-9-6-2-4-7-3-1-5-8(7)9/h1-2,5-6H,3H2. The van der Waals surface area contributed by atoms with E-state index in [1.165, 1.54) is 6.07 Å². The molecule has 0 amide bonds. The number of hydrogen-bond acceptors (Lipinski definition) is 0. The number of rotatable bonds is 0. The second kappa shape index (κ2) is 1.94. The van der Waals surface area contributed by atoms with E-state index in [1.54, 1.807) is 12.1 Å². The lowest BCUT2D eigenvalue weighted by atomic mass is 10.1. The Morgan fingerprint density at radius 3 is 3.20 bits per heavy atom. The molecule has 0 aromatic heterocycles. The fourth-order valence-electron chi connectivity index (χ4n) is 1.17. The zero-order valence-corrected chi connectivity index (χ0v) is 5.39. The summed E-state index contributed by atoms with van der Waals surface area (Å²) in [5.74, 6) is -0.137. The van der Waals surface area contributed by atoms with Gasteiger partial charge in [0.05, 0.1) is 0 Å². The van der Waals surface area contributed by atoms with Crippen LogP contribution < -0.4 is 0 Å². The van der Waals surface area contributed by atoms with E-state index in [2.05, 4.69) is 6.07 Å². The summed E-state index contributed by atoms with van der Waals surface area (Å²) in [5.41, 5.74) is 1.68. The second-order valence-electron chi connectivity index (χ2n) is 2.32. The number of halogens is 1. The zero-order chi connectivity index (χ0) is 6.97. The molecule has 1 radical (unpaired) electrons. The molecule has 49 valence electrons. The predicted molar refractivity (Wildman–Crippen MR) is 38.0 cm³/mol. The Hall–Kier alpha value is -1.11. The molecular weight excluding hydrogens is 127 g/mol. The van der Waals surface area contributed by atoms with Crippen LogP contribution in [-0.2, 0) is 6.42 Å². The van der Waals surface area contributed by atoms with Gasteiger partial charge in [0.2, 0.25) is 0 Å². The Morgan fingerprint density at radius 1 is 1.50 bits per heavy atom. The van der Waals surface area contributed by atoms with Gasteiger partial charge in [-0.05, 0) is 24.1 Å². The summed E-state index contributed by atoms with van der Waals surface area (Å²) in [4.78, 5) is 0. The predicted octanol–water partition coefficient (Wildman–Crippen LogP) is 2.20. The van der Waals surface area contributed by atoms with Crippen molar-refractivity contribution in [3.8, 4) is 0 Å². The molecule has 10 heavy (non-hydrogen) atoms. The van der Waals surface area contributed by atoms with E-state index in [0.29, 0.717) is 5.56 Å². The highest BCUT2D eigenvalue weighted by Crippen LogP contribution is 2.20. The molecule has 0 N–H and O–H groups in total. The van der Waals surface area contributed by atoms with Gasteiger partial charge >= 0.3 is 0 Å². The summed E-state index contributed by atoms with van der Waals surface area (Å²) < 4.78 is 12.8. The van der Waals surface area contributed by atoms with Crippen molar-refractivity contribution in [3.05, 3.63) is 41.2 Å². The van der Waals surface area contributed by atoms with Crippen molar-refractivity contribution in [3.63, 3.8) is 0 Å². The minimum atomic E-state index is -0.137. The van der Waals surface area contributed by atoms with Gasteiger partial charge in [-0.1, -0.05) is 18.2 Å². The molecule has 1 aromatic rings. The molecule has 0 atom stereocenters. The zero-order valence-electron chi connectivity index (χ0n) is 5.39. The third kappa shape index (κ3) is 0.670. The van der Waals surface area contributed by atoms with E-state index in [4.69, 9.17) is 0 Å². The van der Waals surface area contributed by atoms with Crippen molar-refractivity contribution in [1.29, 1.82) is 0 Å². The Morgan fingerprint density at radius 2 is 2.40 bits per heavy atom. The van der Waals surface area contributed by atoms with Crippen molar-refractivity contribution < 1.29 is 4.39 Å². The van der Waals surface area contributed by atoms with E-state index >= 15 is 0 Å². The van der Waals surface area contributed by atoms with Gasteiger partial charge in [-0.25, -0.2) is 4.39 Å². The van der Waals surface area contributed by atoms with Crippen LogP contribution in [-0.4, -0.2) is 0 Å². The topological polar surface area (TPSA) is 0 Å². The van der Waals surface area contributed by atoms with E-state index < -0.39 is 0 Å². The van der Waals surface area contributed by atoms with Gasteiger partial charge in [0.15, 0.2) is 0 Å². The smallest absolute Gasteiger partial charge is 0.130 e. The molecular formula is C9H6F. The maximum atomic E-state index is 12.8. The van der Waals surface area contributed by atoms with Crippen LogP contribution in [0.5, 0.6) is 0 Å². The molecule has 0 bridgehead atoms. The minimum absolute atomic E-state index is 0.137. The van der Waals surface area contributed by atoms with E-state index in [-0.39, 0.29) is 5.82 Å². The van der Waals surface area contributed by atoms with Crippen LogP contribution in [0, 0.1) is 11.9 Å². The molecule has 1 aromatic carbocycles. The van der Waals surface area contributed by atoms with Crippen molar-refractivity contribution in [2.24, 2.45) is 0 Å². The molecule has 0 heterocycles. The van der Waals surface area contributed by atoms with Crippen molar-refractivity contribution >= 4 is 6.08 Å². The summed E-state index contributed by atoms with van der Waals surface area (Å²) in [6, 6.07) is 6.05. The summed E-state index contributed by atoms with van der Waals surface area (Å²) in [7, 11) is 0. The maximum absolute atomic E-state index is 12.8. The number of fused-ring (bicyclic) bond motifs is 1. The first-order valence-corrected chi connectivity index (χ1v) is 3.23. The minimum Gasteiger partial charge on any atom is -0.206 e. The van der Waals surface area contributed by atoms with E-state index in [1.807, 2.05) is 6.08 Å². The Balaban J connectivity index is 2.67. The van der Waals surface area contributed by atoms with E-state index in [9.17, 15) is 4.39 Å². The van der Waals surface area contributed by atoms with E-state index in [0.717, 1.165) is 12.0 Å². The Labute approximate surface area is 59.0 Å². The van der Waals surface area contributed by atoms with Crippen molar-refractivity contribution in [2.45, 2.75) is 6.42 Å². The molecule has 2 rings (SSSR count). The SMILES string of the molecule is Fc1cc[c]c2c1C=CC2. The Bertz CT molecular complexity index is 287. The van der Waals surface area contributed by atoms with Crippen LogP contribution in [0.15, 0.2) is 18.2 Å². The maximum Gasteiger partial charge on any atom is 0.130 e. The second-order valence-corrected chi connectivity index (χ2v) is 2.32. The molecule has 0 saturated heterocycles. The summed E-state index contributed by atoms with van der Waals surface area (Å²) in [6.07, 6.45) is 4.58. The molecule has 0 fully saturated rings. The molecule has 1 aliphatic rings. The van der Waals surface area contributed by atoms with Gasteiger partial charge in [-0.15, -0.1) is 0 Å². The number of allylic oxidation sites excluding steroid dienone is 1. The molecule has 0 spiro atoms.